The van der Waals surface area contributed by atoms with Gasteiger partial charge in [-0.1, -0.05) is 23.7 Å². The van der Waals surface area contributed by atoms with Gasteiger partial charge in [0.15, 0.2) is 0 Å². The number of methoxy groups -OCH3 is 1. The van der Waals surface area contributed by atoms with Gasteiger partial charge in [0, 0.05) is 24.0 Å². The summed E-state index contributed by atoms with van der Waals surface area (Å²) in [6, 6.07) is 13.2. The van der Waals surface area contributed by atoms with E-state index >= 15 is 0 Å². The number of nitrogens with one attached hydrogen (secondary N) is 1. The Balaban J connectivity index is 1.50. The highest BCUT2D eigenvalue weighted by Gasteiger charge is 2.20. The monoisotopic (exact) mass is 347 g/mol. The largest absolute Gasteiger partial charge is 0.497 e. The van der Waals surface area contributed by atoms with E-state index in [9.17, 15) is 5.11 Å². The molecule has 0 spiro atoms. The Labute approximate surface area is 147 Å². The molecule has 1 aliphatic heterocycles. The number of benzene rings is 2. The molecular weight excluding hydrogens is 326 g/mol. The van der Waals surface area contributed by atoms with E-state index in [1.165, 1.54) is 5.56 Å². The number of fused-ring (bicyclic) bond motifs is 1. The van der Waals surface area contributed by atoms with Gasteiger partial charge in [-0.2, -0.15) is 0 Å². The molecule has 0 saturated heterocycles. The van der Waals surface area contributed by atoms with E-state index in [0.29, 0.717) is 24.1 Å². The molecule has 0 bridgehead atoms. The van der Waals surface area contributed by atoms with Crippen LogP contribution in [0.1, 0.15) is 17.2 Å². The number of hydrogen-bond acceptors (Lipinski definition) is 4. The lowest BCUT2D eigenvalue weighted by molar-refractivity contribution is 0.165. The molecule has 0 saturated carbocycles. The Kier molecular flexibility index (Phi) is 5.61. The van der Waals surface area contributed by atoms with E-state index in [1.807, 2.05) is 30.3 Å². The molecular formula is C19H22ClNO3. The molecule has 0 amide bonds. The summed E-state index contributed by atoms with van der Waals surface area (Å²) in [4.78, 5) is 0. The molecule has 1 aliphatic rings. The van der Waals surface area contributed by atoms with Gasteiger partial charge in [0.25, 0.3) is 0 Å². The average molecular weight is 348 g/mol. The van der Waals surface area contributed by atoms with Gasteiger partial charge in [0.05, 0.1) is 19.8 Å². The van der Waals surface area contributed by atoms with E-state index < -0.39 is 6.10 Å². The second kappa shape index (κ2) is 7.88. The Morgan fingerprint density at radius 2 is 2.21 bits per heavy atom. The number of halogens is 1. The topological polar surface area (TPSA) is 50.7 Å². The summed E-state index contributed by atoms with van der Waals surface area (Å²) >= 11 is 5.96. The fourth-order valence-corrected chi connectivity index (χ4v) is 3.15. The van der Waals surface area contributed by atoms with Gasteiger partial charge in [0.1, 0.15) is 11.5 Å². The zero-order valence-corrected chi connectivity index (χ0v) is 14.4. The molecule has 2 aromatic rings. The number of hydrogen-bond donors (Lipinski definition) is 2. The van der Waals surface area contributed by atoms with Crippen molar-refractivity contribution < 1.29 is 14.6 Å². The third-order valence-corrected chi connectivity index (χ3v) is 4.49. The van der Waals surface area contributed by atoms with Gasteiger partial charge in [-0.05, 0) is 47.9 Å². The van der Waals surface area contributed by atoms with E-state index in [4.69, 9.17) is 21.1 Å². The molecule has 24 heavy (non-hydrogen) atoms. The van der Waals surface area contributed by atoms with Crippen LogP contribution in [0.5, 0.6) is 11.5 Å². The molecule has 0 aliphatic carbocycles. The zero-order chi connectivity index (χ0) is 16.9. The summed E-state index contributed by atoms with van der Waals surface area (Å²) in [5.41, 5.74) is 1.99. The standard InChI is InChI=1S/C19H22ClNO3/c1-23-17-5-6-19-15(9-17)7-13(12-24-19)10-21-11-18(22)14-3-2-4-16(20)8-14/h2-6,8-9,13,18,21-22H,7,10-12H2,1H3/t13?,18-/m0/s1. The molecule has 4 nitrogen and oxygen atoms in total. The third-order valence-electron chi connectivity index (χ3n) is 4.25. The molecule has 1 unspecified atom stereocenters. The fraction of sp³-hybridized carbons (Fsp3) is 0.368. The summed E-state index contributed by atoms with van der Waals surface area (Å²) in [7, 11) is 1.67. The molecule has 3 rings (SSSR count). The van der Waals surface area contributed by atoms with Crippen LogP contribution >= 0.6 is 11.6 Å². The molecule has 0 radical (unpaired) electrons. The van der Waals surface area contributed by atoms with Gasteiger partial charge in [0.2, 0.25) is 0 Å². The van der Waals surface area contributed by atoms with Gasteiger partial charge >= 0.3 is 0 Å². The second-order valence-corrected chi connectivity index (χ2v) is 6.52. The van der Waals surface area contributed by atoms with Crippen molar-refractivity contribution >= 4 is 11.6 Å². The van der Waals surface area contributed by atoms with Gasteiger partial charge in [-0.3, -0.25) is 0 Å². The van der Waals surface area contributed by atoms with Crippen molar-refractivity contribution in [1.29, 1.82) is 0 Å². The minimum absolute atomic E-state index is 0.371. The Morgan fingerprint density at radius 3 is 3.00 bits per heavy atom. The molecule has 1 heterocycles. The first-order valence-electron chi connectivity index (χ1n) is 8.09. The Hall–Kier alpha value is -1.75. The highest BCUT2D eigenvalue weighted by Crippen LogP contribution is 2.30. The van der Waals surface area contributed by atoms with Crippen molar-refractivity contribution in [2.24, 2.45) is 5.92 Å². The van der Waals surface area contributed by atoms with Crippen molar-refractivity contribution in [1.82, 2.24) is 5.32 Å². The number of ether oxygens (including phenoxy) is 2. The van der Waals surface area contributed by atoms with Crippen LogP contribution in [0.2, 0.25) is 5.02 Å². The van der Waals surface area contributed by atoms with Crippen LogP contribution in [-0.2, 0) is 6.42 Å². The van der Waals surface area contributed by atoms with Crippen molar-refractivity contribution in [3.8, 4) is 11.5 Å². The van der Waals surface area contributed by atoms with E-state index in [1.54, 1.807) is 19.2 Å². The van der Waals surface area contributed by atoms with Gasteiger partial charge < -0.3 is 19.9 Å². The quantitative estimate of drug-likeness (QED) is 0.842. The van der Waals surface area contributed by atoms with Crippen LogP contribution in [0.15, 0.2) is 42.5 Å². The summed E-state index contributed by atoms with van der Waals surface area (Å²) < 4.78 is 11.1. The Bertz CT molecular complexity index is 692. The van der Waals surface area contributed by atoms with Crippen molar-refractivity contribution in [3.05, 3.63) is 58.6 Å². The zero-order valence-electron chi connectivity index (χ0n) is 13.7. The number of aliphatic hydroxyl groups excluding tert-OH is 1. The lowest BCUT2D eigenvalue weighted by Crippen LogP contribution is -2.33. The molecule has 2 N–H and O–H groups in total. The molecule has 0 aromatic heterocycles. The summed E-state index contributed by atoms with van der Waals surface area (Å²) in [5.74, 6) is 2.16. The molecule has 2 atom stereocenters. The number of rotatable bonds is 6. The Morgan fingerprint density at radius 1 is 1.33 bits per heavy atom. The first kappa shape index (κ1) is 17.1. The lowest BCUT2D eigenvalue weighted by Gasteiger charge is -2.26. The summed E-state index contributed by atoms with van der Waals surface area (Å²) in [5, 5.41) is 14.2. The SMILES string of the molecule is COc1ccc2c(c1)CC(CNC[C@H](O)c1cccc(Cl)c1)CO2. The summed E-state index contributed by atoms with van der Waals surface area (Å²) in [6.07, 6.45) is 0.368. The predicted molar refractivity (Wildman–Crippen MR) is 95.0 cm³/mol. The summed E-state index contributed by atoms with van der Waals surface area (Å²) in [6.45, 7) is 1.95. The first-order valence-corrected chi connectivity index (χ1v) is 8.47. The minimum Gasteiger partial charge on any atom is -0.497 e. The predicted octanol–water partition coefficient (Wildman–Crippen LogP) is 3.22. The average Bonchev–Trinajstić information content (AvgIpc) is 2.61. The maximum Gasteiger partial charge on any atom is 0.122 e. The highest BCUT2D eigenvalue weighted by atomic mass is 35.5. The van der Waals surface area contributed by atoms with Crippen molar-refractivity contribution in [3.63, 3.8) is 0 Å². The molecule has 5 heteroatoms. The molecule has 128 valence electrons. The maximum absolute atomic E-state index is 10.2. The van der Waals surface area contributed by atoms with Crippen LogP contribution in [0.3, 0.4) is 0 Å². The van der Waals surface area contributed by atoms with E-state index in [-0.39, 0.29) is 0 Å². The van der Waals surface area contributed by atoms with Crippen LogP contribution in [0, 0.1) is 5.92 Å². The number of aliphatic hydroxyl groups is 1. The van der Waals surface area contributed by atoms with E-state index in [0.717, 1.165) is 30.0 Å². The van der Waals surface area contributed by atoms with Crippen LogP contribution in [0.4, 0.5) is 0 Å². The van der Waals surface area contributed by atoms with Crippen LogP contribution in [0.25, 0.3) is 0 Å². The maximum atomic E-state index is 10.2. The fourth-order valence-electron chi connectivity index (χ4n) is 2.95. The minimum atomic E-state index is -0.569. The van der Waals surface area contributed by atoms with Crippen LogP contribution in [-0.4, -0.2) is 31.9 Å². The smallest absolute Gasteiger partial charge is 0.122 e. The van der Waals surface area contributed by atoms with Crippen molar-refractivity contribution in [2.75, 3.05) is 26.8 Å². The van der Waals surface area contributed by atoms with Gasteiger partial charge in [-0.15, -0.1) is 0 Å². The highest BCUT2D eigenvalue weighted by molar-refractivity contribution is 6.30. The third kappa shape index (κ3) is 4.20. The van der Waals surface area contributed by atoms with E-state index in [2.05, 4.69) is 5.32 Å². The molecule has 2 aromatic carbocycles. The van der Waals surface area contributed by atoms with Gasteiger partial charge in [-0.25, -0.2) is 0 Å². The van der Waals surface area contributed by atoms with Crippen LogP contribution < -0.4 is 14.8 Å². The lowest BCUT2D eigenvalue weighted by atomic mass is 9.96. The normalized spacial score (nSPS) is 17.7. The second-order valence-electron chi connectivity index (χ2n) is 6.08. The first-order chi connectivity index (χ1) is 11.7. The molecule has 0 fully saturated rings. The van der Waals surface area contributed by atoms with Crippen molar-refractivity contribution in [2.45, 2.75) is 12.5 Å².